The topological polar surface area (TPSA) is 66.8 Å². The SMILES string of the molecule is Cc1cc(CC(=O)O)ccc1Oc1cc(CC(=O)N(C)CCc2ccccc2)cc(-c2ccccc2)c1. The highest BCUT2D eigenvalue weighted by molar-refractivity contribution is 5.79. The van der Waals surface area contributed by atoms with Crippen LogP contribution in [0.5, 0.6) is 11.5 Å². The summed E-state index contributed by atoms with van der Waals surface area (Å²) in [6.07, 6.45) is 1.03. The van der Waals surface area contributed by atoms with E-state index in [-0.39, 0.29) is 18.7 Å². The van der Waals surface area contributed by atoms with Crippen LogP contribution in [0.3, 0.4) is 0 Å². The number of carbonyl (C=O) groups excluding carboxylic acids is 1. The predicted octanol–water partition coefficient (Wildman–Crippen LogP) is 6.33. The van der Waals surface area contributed by atoms with Crippen LogP contribution in [-0.2, 0) is 28.9 Å². The average molecular weight is 494 g/mol. The van der Waals surface area contributed by atoms with Gasteiger partial charge in [-0.2, -0.15) is 0 Å². The third kappa shape index (κ3) is 7.31. The Labute approximate surface area is 218 Å². The van der Waals surface area contributed by atoms with Crippen LogP contribution >= 0.6 is 0 Å². The third-order valence-electron chi connectivity index (χ3n) is 6.26. The molecule has 0 atom stereocenters. The fourth-order valence-electron chi connectivity index (χ4n) is 4.23. The number of rotatable bonds is 10. The molecule has 1 amide bonds. The first-order chi connectivity index (χ1) is 17.9. The van der Waals surface area contributed by atoms with E-state index >= 15 is 0 Å². The minimum atomic E-state index is -0.869. The van der Waals surface area contributed by atoms with Gasteiger partial charge in [-0.25, -0.2) is 0 Å². The molecule has 4 aromatic rings. The number of nitrogens with zero attached hydrogens (tertiary/aromatic N) is 1. The minimum absolute atomic E-state index is 0.0331. The van der Waals surface area contributed by atoms with E-state index in [9.17, 15) is 9.59 Å². The number of benzene rings is 4. The lowest BCUT2D eigenvalue weighted by Crippen LogP contribution is -2.30. The molecule has 5 heteroatoms. The third-order valence-corrected chi connectivity index (χ3v) is 6.26. The summed E-state index contributed by atoms with van der Waals surface area (Å²) in [6, 6.07) is 31.4. The molecule has 188 valence electrons. The smallest absolute Gasteiger partial charge is 0.307 e. The highest BCUT2D eigenvalue weighted by Crippen LogP contribution is 2.31. The second kappa shape index (κ2) is 12.0. The first kappa shape index (κ1) is 25.7. The Morgan fingerprint density at radius 3 is 2.14 bits per heavy atom. The van der Waals surface area contributed by atoms with Crippen molar-refractivity contribution in [3.63, 3.8) is 0 Å². The molecule has 0 aliphatic heterocycles. The van der Waals surface area contributed by atoms with E-state index in [0.717, 1.165) is 34.2 Å². The second-order valence-electron chi connectivity index (χ2n) is 9.23. The molecule has 5 nitrogen and oxygen atoms in total. The quantitative estimate of drug-likeness (QED) is 0.281. The van der Waals surface area contributed by atoms with Crippen molar-refractivity contribution in [3.05, 3.63) is 119 Å². The van der Waals surface area contributed by atoms with Crippen LogP contribution in [-0.4, -0.2) is 35.5 Å². The van der Waals surface area contributed by atoms with Crippen molar-refractivity contribution in [1.29, 1.82) is 0 Å². The number of carbonyl (C=O) groups is 2. The Hall–Kier alpha value is -4.38. The summed E-state index contributed by atoms with van der Waals surface area (Å²) in [5.74, 6) is 0.453. The highest BCUT2D eigenvalue weighted by atomic mass is 16.5. The molecule has 4 rings (SSSR count). The van der Waals surface area contributed by atoms with Crippen LogP contribution in [0.1, 0.15) is 22.3 Å². The molecular formula is C32H31NO4. The highest BCUT2D eigenvalue weighted by Gasteiger charge is 2.14. The zero-order chi connectivity index (χ0) is 26.2. The summed E-state index contributed by atoms with van der Waals surface area (Å²) in [7, 11) is 1.84. The number of hydrogen-bond donors (Lipinski definition) is 1. The molecule has 37 heavy (non-hydrogen) atoms. The molecule has 4 aromatic carbocycles. The van der Waals surface area contributed by atoms with Crippen molar-refractivity contribution >= 4 is 11.9 Å². The molecule has 1 N–H and O–H groups in total. The van der Waals surface area contributed by atoms with Gasteiger partial charge in [0.05, 0.1) is 12.8 Å². The minimum Gasteiger partial charge on any atom is -0.481 e. The fraction of sp³-hybridized carbons (Fsp3) is 0.188. The van der Waals surface area contributed by atoms with Gasteiger partial charge in [-0.15, -0.1) is 0 Å². The number of amides is 1. The van der Waals surface area contributed by atoms with Gasteiger partial charge in [0.2, 0.25) is 5.91 Å². The van der Waals surface area contributed by atoms with Crippen molar-refractivity contribution in [2.45, 2.75) is 26.2 Å². The first-order valence-corrected chi connectivity index (χ1v) is 12.3. The van der Waals surface area contributed by atoms with E-state index < -0.39 is 5.97 Å². The van der Waals surface area contributed by atoms with Crippen LogP contribution < -0.4 is 4.74 Å². The summed E-state index contributed by atoms with van der Waals surface area (Å²) in [5, 5.41) is 9.07. The van der Waals surface area contributed by atoms with Crippen LogP contribution in [0.2, 0.25) is 0 Å². The maximum Gasteiger partial charge on any atom is 0.307 e. The number of carboxylic acid groups (broad SMARTS) is 1. The van der Waals surface area contributed by atoms with Crippen LogP contribution in [0.25, 0.3) is 11.1 Å². The Kier molecular flexibility index (Phi) is 8.37. The fourth-order valence-corrected chi connectivity index (χ4v) is 4.23. The zero-order valence-corrected chi connectivity index (χ0v) is 21.2. The normalized spacial score (nSPS) is 10.6. The lowest BCUT2D eigenvalue weighted by molar-refractivity contribution is -0.136. The van der Waals surface area contributed by atoms with Crippen molar-refractivity contribution < 1.29 is 19.4 Å². The Balaban J connectivity index is 1.55. The number of likely N-dealkylation sites (N-methyl/N-ethyl adjacent to an activating group) is 1. The summed E-state index contributed by atoms with van der Waals surface area (Å²) < 4.78 is 6.25. The van der Waals surface area contributed by atoms with Crippen LogP contribution in [0.4, 0.5) is 0 Å². The van der Waals surface area contributed by atoms with Gasteiger partial charge in [0.25, 0.3) is 0 Å². The summed E-state index contributed by atoms with van der Waals surface area (Å²) in [6.45, 7) is 2.54. The van der Waals surface area contributed by atoms with Crippen molar-refractivity contribution in [3.8, 4) is 22.6 Å². The van der Waals surface area contributed by atoms with E-state index in [1.54, 1.807) is 17.0 Å². The van der Waals surface area contributed by atoms with Crippen molar-refractivity contribution in [2.75, 3.05) is 13.6 Å². The zero-order valence-electron chi connectivity index (χ0n) is 21.2. The summed E-state index contributed by atoms with van der Waals surface area (Å²) in [5.41, 5.74) is 5.64. The van der Waals surface area contributed by atoms with Gasteiger partial charge in [-0.05, 0) is 64.9 Å². The molecule has 0 saturated heterocycles. The number of carboxylic acids is 1. The van der Waals surface area contributed by atoms with E-state index in [1.807, 2.05) is 86.8 Å². The summed E-state index contributed by atoms with van der Waals surface area (Å²) >= 11 is 0. The molecule has 0 unspecified atom stereocenters. The molecule has 0 aliphatic carbocycles. The number of aryl methyl sites for hydroxylation is 1. The largest absolute Gasteiger partial charge is 0.481 e. The van der Waals surface area contributed by atoms with E-state index in [4.69, 9.17) is 9.84 Å². The van der Waals surface area contributed by atoms with Crippen molar-refractivity contribution in [1.82, 2.24) is 4.90 Å². The molecule has 0 aromatic heterocycles. The molecule has 0 radical (unpaired) electrons. The number of hydrogen-bond acceptors (Lipinski definition) is 3. The monoisotopic (exact) mass is 493 g/mol. The number of ether oxygens (including phenoxy) is 1. The van der Waals surface area contributed by atoms with E-state index in [1.165, 1.54) is 5.56 Å². The van der Waals surface area contributed by atoms with E-state index in [0.29, 0.717) is 18.0 Å². The van der Waals surface area contributed by atoms with Gasteiger partial charge < -0.3 is 14.7 Å². The van der Waals surface area contributed by atoms with Gasteiger partial charge in [0, 0.05) is 13.6 Å². The molecular weight excluding hydrogens is 462 g/mol. The summed E-state index contributed by atoms with van der Waals surface area (Å²) in [4.78, 5) is 25.9. The standard InChI is InChI=1S/C32H31NO4/c1-23-17-25(21-32(35)36)13-14-30(23)37-29-19-26(18-28(22-29)27-11-7-4-8-12-27)20-31(34)33(2)16-15-24-9-5-3-6-10-24/h3-14,17-19,22H,15-16,20-21H2,1-2H3,(H,35,36). The Morgan fingerprint density at radius 2 is 1.46 bits per heavy atom. The van der Waals surface area contributed by atoms with Crippen LogP contribution in [0.15, 0.2) is 97.1 Å². The van der Waals surface area contributed by atoms with Gasteiger partial charge >= 0.3 is 5.97 Å². The molecule has 0 spiro atoms. The maximum absolute atomic E-state index is 13.1. The molecule has 0 bridgehead atoms. The lowest BCUT2D eigenvalue weighted by Gasteiger charge is -2.18. The molecule has 0 aliphatic rings. The number of aliphatic carboxylic acids is 1. The maximum atomic E-state index is 13.1. The predicted molar refractivity (Wildman–Crippen MR) is 146 cm³/mol. The molecule has 0 heterocycles. The second-order valence-corrected chi connectivity index (χ2v) is 9.23. The Morgan fingerprint density at radius 1 is 0.757 bits per heavy atom. The van der Waals surface area contributed by atoms with Gasteiger partial charge in [0.1, 0.15) is 11.5 Å². The Bertz CT molecular complexity index is 1370. The van der Waals surface area contributed by atoms with Gasteiger partial charge in [0.15, 0.2) is 0 Å². The molecule has 0 saturated carbocycles. The van der Waals surface area contributed by atoms with Crippen molar-refractivity contribution in [2.24, 2.45) is 0 Å². The average Bonchev–Trinajstić information content (AvgIpc) is 2.89. The van der Waals surface area contributed by atoms with Crippen LogP contribution in [0, 0.1) is 6.92 Å². The van der Waals surface area contributed by atoms with Gasteiger partial charge in [-0.1, -0.05) is 78.9 Å². The van der Waals surface area contributed by atoms with Gasteiger partial charge in [-0.3, -0.25) is 9.59 Å². The van der Waals surface area contributed by atoms with E-state index in [2.05, 4.69) is 12.1 Å². The lowest BCUT2D eigenvalue weighted by atomic mass is 10.0. The molecule has 0 fully saturated rings. The first-order valence-electron chi connectivity index (χ1n) is 12.3.